The van der Waals surface area contributed by atoms with Crippen LogP contribution in [0.1, 0.15) is 34.9 Å². The first-order valence-corrected chi connectivity index (χ1v) is 9.63. The van der Waals surface area contributed by atoms with Gasteiger partial charge in [-0.25, -0.2) is 0 Å². The van der Waals surface area contributed by atoms with E-state index >= 15 is 0 Å². The van der Waals surface area contributed by atoms with Crippen LogP contribution in [0.25, 0.3) is 33.5 Å². The van der Waals surface area contributed by atoms with Gasteiger partial charge in [0.1, 0.15) is 5.76 Å². The summed E-state index contributed by atoms with van der Waals surface area (Å²) >= 11 is 0. The Bertz CT molecular complexity index is 1190. The Morgan fingerprint density at radius 2 is 1.85 bits per heavy atom. The lowest BCUT2D eigenvalue weighted by Crippen LogP contribution is -1.92. The molecule has 0 saturated heterocycles. The molecular weight excluding hydrogens is 328 g/mol. The van der Waals surface area contributed by atoms with E-state index in [4.69, 9.17) is 4.42 Å². The van der Waals surface area contributed by atoms with E-state index in [1.807, 2.05) is 6.26 Å². The van der Waals surface area contributed by atoms with Crippen molar-refractivity contribution in [3.8, 4) is 11.1 Å². The quantitative estimate of drug-likeness (QED) is 0.385. The molecule has 0 amide bonds. The van der Waals surface area contributed by atoms with Gasteiger partial charge in [-0.15, -0.1) is 0 Å². The second-order valence-electron chi connectivity index (χ2n) is 7.38. The Kier molecular flexibility index (Phi) is 3.75. The van der Waals surface area contributed by atoms with Crippen LogP contribution in [0.15, 0.2) is 71.3 Å². The molecule has 132 valence electrons. The highest BCUT2D eigenvalue weighted by Crippen LogP contribution is 2.41. The summed E-state index contributed by atoms with van der Waals surface area (Å²) in [6, 6.07) is 21.9. The minimum absolute atomic E-state index is 0.924. The predicted molar refractivity (Wildman–Crippen MR) is 114 cm³/mol. The molecule has 0 fully saturated rings. The molecule has 1 aliphatic rings. The smallest absolute Gasteiger partial charge is 0.138 e. The van der Waals surface area contributed by atoms with Gasteiger partial charge >= 0.3 is 0 Å². The molecule has 0 atom stereocenters. The van der Waals surface area contributed by atoms with Crippen molar-refractivity contribution >= 4 is 22.4 Å². The minimum atomic E-state index is 0.924. The summed E-state index contributed by atoms with van der Waals surface area (Å²) in [7, 11) is 0. The third-order valence-electron chi connectivity index (χ3n) is 5.67. The fourth-order valence-electron chi connectivity index (χ4n) is 4.24. The summed E-state index contributed by atoms with van der Waals surface area (Å²) in [6.45, 7) is 4.42. The molecule has 1 heteroatoms. The van der Waals surface area contributed by atoms with Crippen molar-refractivity contribution in [3.05, 3.63) is 94.9 Å². The first kappa shape index (κ1) is 16.1. The van der Waals surface area contributed by atoms with Gasteiger partial charge in [0.15, 0.2) is 0 Å². The molecule has 1 aromatic heterocycles. The van der Waals surface area contributed by atoms with E-state index in [0.29, 0.717) is 0 Å². The lowest BCUT2D eigenvalue weighted by atomic mass is 9.92. The highest BCUT2D eigenvalue weighted by atomic mass is 16.3. The Hall–Kier alpha value is -3.06. The van der Waals surface area contributed by atoms with E-state index < -0.39 is 0 Å². The van der Waals surface area contributed by atoms with Gasteiger partial charge in [0.05, 0.1) is 6.26 Å². The summed E-state index contributed by atoms with van der Waals surface area (Å²) in [4.78, 5) is 0. The monoisotopic (exact) mass is 350 g/mol. The van der Waals surface area contributed by atoms with Crippen LogP contribution in [0.2, 0.25) is 0 Å². The SMILES string of the molecule is CCc1cccc(-c2c(C)ccc3c2C=C(c2occ4ccccc24)C3)c1. The first-order chi connectivity index (χ1) is 13.2. The molecule has 4 aromatic rings. The van der Waals surface area contributed by atoms with Crippen molar-refractivity contribution in [3.63, 3.8) is 0 Å². The zero-order valence-corrected chi connectivity index (χ0v) is 15.8. The summed E-state index contributed by atoms with van der Waals surface area (Å²) in [5.41, 5.74) is 9.36. The van der Waals surface area contributed by atoms with E-state index in [2.05, 4.69) is 80.6 Å². The number of hydrogen-bond acceptors (Lipinski definition) is 1. The third kappa shape index (κ3) is 2.62. The van der Waals surface area contributed by atoms with Crippen molar-refractivity contribution < 1.29 is 4.42 Å². The maximum Gasteiger partial charge on any atom is 0.138 e. The molecule has 1 heterocycles. The zero-order chi connectivity index (χ0) is 18.4. The third-order valence-corrected chi connectivity index (χ3v) is 5.67. The van der Waals surface area contributed by atoms with Crippen LogP contribution in [0.4, 0.5) is 0 Å². The van der Waals surface area contributed by atoms with Gasteiger partial charge < -0.3 is 4.42 Å². The number of aryl methyl sites for hydroxylation is 2. The molecule has 0 radical (unpaired) electrons. The maximum absolute atomic E-state index is 5.97. The van der Waals surface area contributed by atoms with E-state index in [1.165, 1.54) is 44.3 Å². The van der Waals surface area contributed by atoms with Gasteiger partial charge in [-0.05, 0) is 52.8 Å². The van der Waals surface area contributed by atoms with Crippen LogP contribution < -0.4 is 0 Å². The number of furan rings is 1. The van der Waals surface area contributed by atoms with Gasteiger partial charge in [0.25, 0.3) is 0 Å². The van der Waals surface area contributed by atoms with Crippen LogP contribution in [0, 0.1) is 6.92 Å². The van der Waals surface area contributed by atoms with E-state index in [-0.39, 0.29) is 0 Å². The van der Waals surface area contributed by atoms with Crippen LogP contribution in [-0.4, -0.2) is 0 Å². The van der Waals surface area contributed by atoms with Crippen LogP contribution in [0.5, 0.6) is 0 Å². The Labute approximate surface area is 160 Å². The summed E-state index contributed by atoms with van der Waals surface area (Å²) in [5, 5.41) is 2.36. The fourth-order valence-corrected chi connectivity index (χ4v) is 4.24. The number of benzene rings is 3. The molecule has 0 spiro atoms. The lowest BCUT2D eigenvalue weighted by molar-refractivity contribution is 0.557. The van der Waals surface area contributed by atoms with E-state index in [0.717, 1.165) is 24.0 Å². The Morgan fingerprint density at radius 3 is 2.74 bits per heavy atom. The zero-order valence-electron chi connectivity index (χ0n) is 15.8. The van der Waals surface area contributed by atoms with Crippen LogP contribution >= 0.6 is 0 Å². The number of hydrogen-bond donors (Lipinski definition) is 0. The van der Waals surface area contributed by atoms with Crippen molar-refractivity contribution in [2.75, 3.05) is 0 Å². The maximum atomic E-state index is 5.97. The highest BCUT2D eigenvalue weighted by Gasteiger charge is 2.22. The van der Waals surface area contributed by atoms with E-state index in [9.17, 15) is 0 Å². The fraction of sp³-hybridized carbons (Fsp3) is 0.154. The molecule has 1 nitrogen and oxygen atoms in total. The van der Waals surface area contributed by atoms with Crippen molar-refractivity contribution in [2.45, 2.75) is 26.7 Å². The molecule has 3 aromatic carbocycles. The summed E-state index contributed by atoms with van der Waals surface area (Å²) < 4.78 is 5.97. The van der Waals surface area contributed by atoms with Gasteiger partial charge in [-0.1, -0.05) is 67.6 Å². The summed E-state index contributed by atoms with van der Waals surface area (Å²) in [5.74, 6) is 1.01. The van der Waals surface area contributed by atoms with E-state index in [1.54, 1.807) is 0 Å². The average Bonchev–Trinajstić information content (AvgIpc) is 3.31. The normalized spacial score (nSPS) is 13.0. The molecule has 0 N–H and O–H groups in total. The van der Waals surface area contributed by atoms with Crippen LogP contribution in [-0.2, 0) is 12.8 Å². The van der Waals surface area contributed by atoms with Crippen LogP contribution in [0.3, 0.4) is 0 Å². The van der Waals surface area contributed by atoms with Gasteiger partial charge in [0, 0.05) is 22.8 Å². The standard InChI is InChI=1S/C26H22O/c1-3-18-7-6-9-20(13-18)25-17(2)11-12-19-14-22(15-24(19)25)26-23-10-5-4-8-21(23)16-27-26/h4-13,15-16H,3,14H2,1-2H3. The van der Waals surface area contributed by atoms with Crippen molar-refractivity contribution in [2.24, 2.45) is 0 Å². The van der Waals surface area contributed by atoms with Gasteiger partial charge in [0.2, 0.25) is 0 Å². The molecule has 27 heavy (non-hydrogen) atoms. The predicted octanol–water partition coefficient (Wildman–Crippen LogP) is 7.07. The molecule has 0 bridgehead atoms. The molecular formula is C26H22O. The molecule has 0 unspecified atom stereocenters. The minimum Gasteiger partial charge on any atom is -0.463 e. The van der Waals surface area contributed by atoms with Gasteiger partial charge in [-0.3, -0.25) is 0 Å². The second kappa shape index (κ2) is 6.28. The first-order valence-electron chi connectivity index (χ1n) is 9.63. The van der Waals surface area contributed by atoms with Crippen molar-refractivity contribution in [1.29, 1.82) is 0 Å². The highest BCUT2D eigenvalue weighted by molar-refractivity contribution is 6.00. The Balaban J connectivity index is 1.67. The number of allylic oxidation sites excluding steroid dienone is 1. The summed E-state index contributed by atoms with van der Waals surface area (Å²) in [6.07, 6.45) is 6.18. The largest absolute Gasteiger partial charge is 0.463 e. The topological polar surface area (TPSA) is 13.1 Å². The second-order valence-corrected chi connectivity index (χ2v) is 7.38. The van der Waals surface area contributed by atoms with Gasteiger partial charge in [-0.2, -0.15) is 0 Å². The number of rotatable bonds is 3. The lowest BCUT2D eigenvalue weighted by Gasteiger charge is -2.12. The number of fused-ring (bicyclic) bond motifs is 2. The Morgan fingerprint density at radius 1 is 0.963 bits per heavy atom. The average molecular weight is 350 g/mol. The molecule has 1 aliphatic carbocycles. The molecule has 0 saturated carbocycles. The molecule has 0 aliphatic heterocycles. The van der Waals surface area contributed by atoms with Crippen molar-refractivity contribution in [1.82, 2.24) is 0 Å². The molecule has 5 rings (SSSR count).